The lowest BCUT2D eigenvalue weighted by atomic mass is 9.75. The van der Waals surface area contributed by atoms with Gasteiger partial charge in [0.25, 0.3) is 5.91 Å². The molecule has 1 aliphatic carbocycles. The third-order valence-electron chi connectivity index (χ3n) is 8.58. The molecule has 1 aromatic heterocycles. The first kappa shape index (κ1) is 25.6. The summed E-state index contributed by atoms with van der Waals surface area (Å²) in [6.45, 7) is 8.82. The van der Waals surface area contributed by atoms with Crippen molar-refractivity contribution in [1.82, 2.24) is 9.78 Å². The van der Waals surface area contributed by atoms with Crippen molar-refractivity contribution in [3.63, 3.8) is 0 Å². The first-order valence-electron chi connectivity index (χ1n) is 14.2. The van der Waals surface area contributed by atoms with Crippen LogP contribution >= 0.6 is 0 Å². The van der Waals surface area contributed by atoms with E-state index in [4.69, 9.17) is 9.94 Å². The Morgan fingerprint density at radius 1 is 0.872 bits per heavy atom. The van der Waals surface area contributed by atoms with Crippen LogP contribution in [0.3, 0.4) is 0 Å². The summed E-state index contributed by atoms with van der Waals surface area (Å²) in [7, 11) is 0. The first-order valence-corrected chi connectivity index (χ1v) is 14.2. The molecule has 0 N–H and O–H groups in total. The Morgan fingerprint density at radius 2 is 1.49 bits per heavy atom. The molecule has 200 valence electrons. The number of carbonyl (C=O) groups excluding carboxylic acids is 1. The van der Waals surface area contributed by atoms with Crippen molar-refractivity contribution in [2.75, 3.05) is 5.06 Å². The van der Waals surface area contributed by atoms with Crippen molar-refractivity contribution in [3.05, 3.63) is 108 Å². The minimum atomic E-state index is -0.441. The fourth-order valence-electron chi connectivity index (χ4n) is 6.58. The molecule has 0 spiro atoms. The summed E-state index contributed by atoms with van der Waals surface area (Å²) in [4.78, 5) is 21.3. The quantitative estimate of drug-likeness (QED) is 0.268. The highest BCUT2D eigenvalue weighted by atomic mass is 16.7. The maximum Gasteiger partial charge on any atom is 0.255 e. The van der Waals surface area contributed by atoms with E-state index in [1.54, 1.807) is 4.68 Å². The van der Waals surface area contributed by atoms with Gasteiger partial charge >= 0.3 is 0 Å². The van der Waals surface area contributed by atoms with E-state index in [1.807, 2.05) is 78.7 Å². The van der Waals surface area contributed by atoms with Gasteiger partial charge in [0.2, 0.25) is 0 Å². The van der Waals surface area contributed by atoms with E-state index in [1.165, 1.54) is 5.56 Å². The van der Waals surface area contributed by atoms with Crippen molar-refractivity contribution in [3.8, 4) is 11.3 Å². The molecule has 0 unspecified atom stereocenters. The molecule has 2 heterocycles. The van der Waals surface area contributed by atoms with E-state index in [2.05, 4.69) is 45.0 Å². The van der Waals surface area contributed by atoms with E-state index in [9.17, 15) is 4.79 Å². The summed E-state index contributed by atoms with van der Waals surface area (Å²) in [6.07, 6.45) is 1.88. The minimum absolute atomic E-state index is 0.0160. The Labute approximate surface area is 231 Å². The SMILES string of the molecule is CC(C)[C@H]1CC[C@@H](C)c2c1nn(C(=O)[C@@H]1[C@H](C)ON(c3ccccc3)[C@@H]1c1ccccc1)c2-c1ccccc1. The van der Waals surface area contributed by atoms with Crippen LogP contribution in [0.1, 0.15) is 80.0 Å². The molecule has 4 aromatic rings. The average molecular weight is 520 g/mol. The predicted octanol–water partition coefficient (Wildman–Crippen LogP) is 8.03. The summed E-state index contributed by atoms with van der Waals surface area (Å²) in [6, 6.07) is 30.4. The van der Waals surface area contributed by atoms with E-state index in [0.717, 1.165) is 41.0 Å². The molecule has 5 atom stereocenters. The molecule has 1 saturated heterocycles. The molecule has 1 aliphatic heterocycles. The van der Waals surface area contributed by atoms with Crippen LogP contribution in [0.4, 0.5) is 5.69 Å². The van der Waals surface area contributed by atoms with E-state index >= 15 is 0 Å². The second-order valence-corrected chi connectivity index (χ2v) is 11.4. The normalized spacial score (nSPS) is 24.6. The van der Waals surface area contributed by atoms with Crippen LogP contribution in [-0.4, -0.2) is 21.8 Å². The maximum atomic E-state index is 14.8. The molecule has 2 aliphatic rings. The lowest BCUT2D eigenvalue weighted by molar-refractivity contribution is 0.0620. The van der Waals surface area contributed by atoms with E-state index in [-0.39, 0.29) is 18.1 Å². The number of benzene rings is 3. The maximum absolute atomic E-state index is 14.8. The molecule has 5 nitrogen and oxygen atoms in total. The number of para-hydroxylation sites is 1. The number of nitrogens with zero attached hydrogens (tertiary/aromatic N) is 3. The number of hydrogen-bond acceptors (Lipinski definition) is 4. The van der Waals surface area contributed by atoms with Crippen LogP contribution in [0.25, 0.3) is 11.3 Å². The van der Waals surface area contributed by atoms with Gasteiger partial charge in [-0.25, -0.2) is 5.06 Å². The summed E-state index contributed by atoms with van der Waals surface area (Å²) in [5, 5.41) is 7.10. The summed E-state index contributed by atoms with van der Waals surface area (Å²) in [5.41, 5.74) is 6.31. The van der Waals surface area contributed by atoms with Gasteiger partial charge in [0.15, 0.2) is 0 Å². The largest absolute Gasteiger partial charge is 0.272 e. The van der Waals surface area contributed by atoms with Crippen LogP contribution in [0, 0.1) is 11.8 Å². The number of rotatable bonds is 5. The van der Waals surface area contributed by atoms with Crippen molar-refractivity contribution < 1.29 is 9.63 Å². The van der Waals surface area contributed by atoms with Crippen LogP contribution in [0.2, 0.25) is 0 Å². The molecular formula is C34H37N3O2. The Balaban J connectivity index is 1.52. The minimum Gasteiger partial charge on any atom is -0.272 e. The van der Waals surface area contributed by atoms with E-state index < -0.39 is 5.92 Å². The monoisotopic (exact) mass is 519 g/mol. The molecule has 0 bridgehead atoms. The number of aromatic nitrogens is 2. The Bertz CT molecular complexity index is 1430. The Morgan fingerprint density at radius 3 is 2.13 bits per heavy atom. The third-order valence-corrected chi connectivity index (χ3v) is 8.58. The molecule has 3 aromatic carbocycles. The molecule has 1 fully saturated rings. The average Bonchev–Trinajstić information content (AvgIpc) is 3.53. The van der Waals surface area contributed by atoms with Gasteiger partial charge in [0, 0.05) is 17.0 Å². The van der Waals surface area contributed by atoms with Crippen LogP contribution < -0.4 is 5.06 Å². The van der Waals surface area contributed by atoms with E-state index in [0.29, 0.717) is 17.8 Å². The second kappa shape index (κ2) is 10.5. The van der Waals surface area contributed by atoms with Gasteiger partial charge in [-0.1, -0.05) is 99.6 Å². The molecule has 6 rings (SSSR count). The standard InChI is InChI=1S/C34H37N3O2/c1-22(2)28-21-20-23(3)29-31(28)35-36(32(29)25-14-8-5-9-15-25)34(38)30-24(4)39-37(27-18-12-7-13-19-27)33(30)26-16-10-6-11-17-26/h5-19,22-24,28,30,33H,20-21H2,1-4H3/t23-,24+,28-,30-,33-/m1/s1. The zero-order valence-corrected chi connectivity index (χ0v) is 23.2. The fourth-order valence-corrected chi connectivity index (χ4v) is 6.58. The van der Waals surface area contributed by atoms with Crippen LogP contribution in [0.5, 0.6) is 0 Å². The van der Waals surface area contributed by atoms with Crippen LogP contribution in [-0.2, 0) is 4.84 Å². The highest BCUT2D eigenvalue weighted by molar-refractivity contribution is 5.88. The van der Waals surface area contributed by atoms with Crippen molar-refractivity contribution in [2.45, 2.75) is 64.5 Å². The smallest absolute Gasteiger partial charge is 0.255 e. The Hall–Kier alpha value is -3.70. The molecule has 39 heavy (non-hydrogen) atoms. The number of fused-ring (bicyclic) bond motifs is 1. The molecular weight excluding hydrogens is 482 g/mol. The first-order chi connectivity index (χ1) is 19.0. The van der Waals surface area contributed by atoms with Gasteiger partial charge in [0.05, 0.1) is 35.1 Å². The number of anilines is 1. The lowest BCUT2D eigenvalue weighted by Crippen LogP contribution is -2.33. The highest BCUT2D eigenvalue weighted by Crippen LogP contribution is 2.48. The van der Waals surface area contributed by atoms with Gasteiger partial charge in [-0.15, -0.1) is 0 Å². The molecule has 0 amide bonds. The van der Waals surface area contributed by atoms with Gasteiger partial charge < -0.3 is 0 Å². The number of hydrogen-bond donors (Lipinski definition) is 0. The molecule has 5 heteroatoms. The topological polar surface area (TPSA) is 47.4 Å². The van der Waals surface area contributed by atoms with Gasteiger partial charge in [-0.2, -0.15) is 9.78 Å². The molecule has 0 saturated carbocycles. The summed E-state index contributed by atoms with van der Waals surface area (Å²) < 4.78 is 1.74. The zero-order chi connectivity index (χ0) is 27.1. The van der Waals surface area contributed by atoms with Gasteiger partial charge in [0.1, 0.15) is 0 Å². The zero-order valence-electron chi connectivity index (χ0n) is 23.2. The van der Waals surface area contributed by atoms with Crippen LogP contribution in [0.15, 0.2) is 91.0 Å². The number of hydroxylamine groups is 1. The predicted molar refractivity (Wildman–Crippen MR) is 156 cm³/mol. The second-order valence-electron chi connectivity index (χ2n) is 11.4. The van der Waals surface area contributed by atoms with Gasteiger partial charge in [-0.3, -0.25) is 9.63 Å². The Kier molecular flexibility index (Phi) is 6.86. The fraction of sp³-hybridized carbons (Fsp3) is 0.353. The van der Waals surface area contributed by atoms with Gasteiger partial charge in [-0.05, 0) is 49.3 Å². The van der Waals surface area contributed by atoms with Crippen molar-refractivity contribution in [1.29, 1.82) is 0 Å². The number of carbonyl (C=O) groups is 1. The van der Waals surface area contributed by atoms with Crippen molar-refractivity contribution in [2.24, 2.45) is 11.8 Å². The summed E-state index contributed by atoms with van der Waals surface area (Å²) in [5.74, 6) is 0.685. The lowest BCUT2D eigenvalue weighted by Gasteiger charge is -2.29. The molecule has 0 radical (unpaired) electrons. The summed E-state index contributed by atoms with van der Waals surface area (Å²) >= 11 is 0. The van der Waals surface area contributed by atoms with Crippen molar-refractivity contribution >= 4 is 11.6 Å². The highest BCUT2D eigenvalue weighted by Gasteiger charge is 2.48. The third kappa shape index (κ3) is 4.49.